The molecular weight excluding hydrogens is 386 g/mol. The predicted molar refractivity (Wildman–Crippen MR) is 125 cm³/mol. The van der Waals surface area contributed by atoms with Crippen LogP contribution >= 0.6 is 0 Å². The zero-order valence-corrected chi connectivity index (χ0v) is 18.9. The second-order valence-corrected chi connectivity index (χ2v) is 8.52. The summed E-state index contributed by atoms with van der Waals surface area (Å²) < 4.78 is 0. The van der Waals surface area contributed by atoms with Crippen LogP contribution < -0.4 is 10.2 Å². The Morgan fingerprint density at radius 1 is 1.10 bits per heavy atom. The van der Waals surface area contributed by atoms with Gasteiger partial charge in [-0.15, -0.1) is 0 Å². The minimum absolute atomic E-state index is 0.158. The molecule has 0 spiro atoms. The van der Waals surface area contributed by atoms with Crippen molar-refractivity contribution in [3.05, 3.63) is 30.0 Å². The van der Waals surface area contributed by atoms with Crippen LogP contribution in [0, 0.1) is 11.3 Å². The third kappa shape index (κ3) is 5.94. The Balaban J connectivity index is 1.99. The van der Waals surface area contributed by atoms with E-state index >= 15 is 0 Å². The van der Waals surface area contributed by atoms with Crippen LogP contribution in [-0.2, 0) is 4.79 Å². The summed E-state index contributed by atoms with van der Waals surface area (Å²) in [5.74, 6) is -0.517. The first-order chi connectivity index (χ1) is 15.2. The Morgan fingerprint density at radius 3 is 2.29 bits per heavy atom. The fourth-order valence-corrected chi connectivity index (χ4v) is 4.23. The van der Waals surface area contributed by atoms with E-state index in [0.717, 1.165) is 75.5 Å². The fourth-order valence-electron chi connectivity index (χ4n) is 4.23. The van der Waals surface area contributed by atoms with Gasteiger partial charge in [0.2, 0.25) is 5.91 Å². The molecule has 1 aliphatic carbocycles. The van der Waals surface area contributed by atoms with Crippen molar-refractivity contribution in [1.29, 1.82) is 5.26 Å². The summed E-state index contributed by atoms with van der Waals surface area (Å²) in [6.07, 6.45) is 9.66. The van der Waals surface area contributed by atoms with Gasteiger partial charge in [0.15, 0.2) is 11.7 Å². The maximum Gasteiger partial charge on any atom is 0.243 e. The highest BCUT2D eigenvalue weighted by Gasteiger charge is 2.30. The number of nitrogens with zero attached hydrogens (tertiary/aromatic N) is 4. The van der Waals surface area contributed by atoms with Gasteiger partial charge in [-0.2, -0.15) is 5.26 Å². The number of aromatic nitrogens is 2. The summed E-state index contributed by atoms with van der Waals surface area (Å²) in [6, 6.07) is 10.1. The van der Waals surface area contributed by atoms with Crippen molar-refractivity contribution in [2.24, 2.45) is 0 Å². The number of rotatable bonds is 10. The van der Waals surface area contributed by atoms with Gasteiger partial charge in [0.25, 0.3) is 0 Å². The predicted octanol–water partition coefficient (Wildman–Crippen LogP) is 5.09. The fraction of sp³-hybridized carbons (Fsp3) is 0.600. The van der Waals surface area contributed by atoms with Crippen molar-refractivity contribution in [3.63, 3.8) is 0 Å². The van der Waals surface area contributed by atoms with Gasteiger partial charge in [-0.1, -0.05) is 58.1 Å². The lowest BCUT2D eigenvalue weighted by Crippen LogP contribution is -2.39. The number of hydrogen-bond donors (Lipinski definition) is 1. The average Bonchev–Trinajstić information content (AvgIpc) is 2.80. The summed E-state index contributed by atoms with van der Waals surface area (Å²) in [5.41, 5.74) is 2.00. The number of carbonyl (C=O) groups excluding carboxylic acids is 1. The van der Waals surface area contributed by atoms with Gasteiger partial charge in [-0.05, 0) is 37.8 Å². The molecule has 31 heavy (non-hydrogen) atoms. The molecule has 1 aromatic carbocycles. The number of anilines is 1. The second-order valence-electron chi connectivity index (χ2n) is 8.52. The molecule has 6 nitrogen and oxygen atoms in total. The molecule has 1 fully saturated rings. The molecule has 0 radical (unpaired) electrons. The van der Waals surface area contributed by atoms with Crippen LogP contribution in [0.25, 0.3) is 11.0 Å². The number of para-hydroxylation sites is 2. The van der Waals surface area contributed by atoms with Crippen LogP contribution in [0.15, 0.2) is 24.3 Å². The van der Waals surface area contributed by atoms with Gasteiger partial charge in [-0.25, -0.2) is 9.97 Å². The first-order valence-electron chi connectivity index (χ1n) is 11.9. The van der Waals surface area contributed by atoms with E-state index in [9.17, 15) is 10.1 Å². The van der Waals surface area contributed by atoms with E-state index in [1.54, 1.807) is 0 Å². The summed E-state index contributed by atoms with van der Waals surface area (Å²) in [5, 5.41) is 13.1. The molecule has 0 unspecified atom stereocenters. The molecule has 0 aliphatic heterocycles. The lowest BCUT2D eigenvalue weighted by Gasteiger charge is -2.28. The van der Waals surface area contributed by atoms with Crippen molar-refractivity contribution in [1.82, 2.24) is 15.3 Å². The summed E-state index contributed by atoms with van der Waals surface area (Å²) in [7, 11) is 0. The Hall–Kier alpha value is -2.68. The SMILES string of the molecule is CCCCN(CCCC)c1nc2ccccc2nc1[C@@H](C#N)C(=O)NC1CCCCC1. The van der Waals surface area contributed by atoms with Crippen LogP contribution in [-0.4, -0.2) is 35.0 Å². The van der Waals surface area contributed by atoms with E-state index in [0.29, 0.717) is 11.5 Å². The van der Waals surface area contributed by atoms with Crippen LogP contribution in [0.2, 0.25) is 0 Å². The van der Waals surface area contributed by atoms with E-state index in [1.165, 1.54) is 6.42 Å². The van der Waals surface area contributed by atoms with Crippen LogP contribution in [0.1, 0.15) is 83.2 Å². The number of hydrogen-bond acceptors (Lipinski definition) is 5. The molecule has 0 saturated heterocycles. The number of benzene rings is 1. The summed E-state index contributed by atoms with van der Waals surface area (Å²) >= 11 is 0. The smallest absolute Gasteiger partial charge is 0.243 e. The zero-order valence-electron chi connectivity index (χ0n) is 18.9. The number of fused-ring (bicyclic) bond motifs is 1. The van der Waals surface area contributed by atoms with Gasteiger partial charge in [0, 0.05) is 19.1 Å². The molecule has 3 rings (SSSR count). The van der Waals surface area contributed by atoms with Gasteiger partial charge in [-0.3, -0.25) is 4.79 Å². The lowest BCUT2D eigenvalue weighted by molar-refractivity contribution is -0.122. The summed E-state index contributed by atoms with van der Waals surface area (Å²) in [6.45, 7) is 6.03. The number of carbonyl (C=O) groups is 1. The third-order valence-corrected chi connectivity index (χ3v) is 6.06. The minimum atomic E-state index is -0.959. The van der Waals surface area contributed by atoms with E-state index < -0.39 is 5.92 Å². The first-order valence-corrected chi connectivity index (χ1v) is 11.9. The third-order valence-electron chi connectivity index (χ3n) is 6.06. The molecule has 1 aromatic heterocycles. The molecule has 1 saturated carbocycles. The molecule has 1 heterocycles. The molecule has 0 bridgehead atoms. The molecule has 6 heteroatoms. The maximum absolute atomic E-state index is 13.2. The number of nitrogens with one attached hydrogen (secondary N) is 1. The second kappa shape index (κ2) is 11.6. The molecular formula is C25H35N5O. The number of nitriles is 1. The molecule has 1 N–H and O–H groups in total. The van der Waals surface area contributed by atoms with Gasteiger partial charge in [0.05, 0.1) is 17.1 Å². The van der Waals surface area contributed by atoms with E-state index in [4.69, 9.17) is 9.97 Å². The number of unbranched alkanes of at least 4 members (excludes halogenated alkanes) is 2. The lowest BCUT2D eigenvalue weighted by atomic mass is 9.94. The van der Waals surface area contributed by atoms with Crippen molar-refractivity contribution in [2.75, 3.05) is 18.0 Å². The Kier molecular flexibility index (Phi) is 8.63. The van der Waals surface area contributed by atoms with Crippen LogP contribution in [0.3, 0.4) is 0 Å². The highest BCUT2D eigenvalue weighted by molar-refractivity contribution is 5.89. The first kappa shape index (κ1) is 23.0. The molecule has 1 amide bonds. The van der Waals surface area contributed by atoms with Crippen molar-refractivity contribution in [2.45, 2.75) is 83.6 Å². The Morgan fingerprint density at radius 2 is 1.71 bits per heavy atom. The zero-order chi connectivity index (χ0) is 22.1. The summed E-state index contributed by atoms with van der Waals surface area (Å²) in [4.78, 5) is 25.1. The normalized spacial score (nSPS) is 15.4. The largest absolute Gasteiger partial charge is 0.355 e. The topological polar surface area (TPSA) is 81.9 Å². The Bertz CT molecular complexity index is 892. The molecule has 1 atom stereocenters. The highest BCUT2D eigenvalue weighted by atomic mass is 16.2. The quantitative estimate of drug-likeness (QED) is 0.578. The van der Waals surface area contributed by atoms with Crippen molar-refractivity contribution in [3.8, 4) is 6.07 Å². The van der Waals surface area contributed by atoms with Gasteiger partial charge < -0.3 is 10.2 Å². The van der Waals surface area contributed by atoms with Crippen molar-refractivity contribution >= 4 is 22.8 Å². The van der Waals surface area contributed by atoms with Crippen LogP contribution in [0.4, 0.5) is 5.82 Å². The number of amides is 1. The van der Waals surface area contributed by atoms with Gasteiger partial charge >= 0.3 is 0 Å². The molecule has 2 aromatic rings. The maximum atomic E-state index is 13.2. The van der Waals surface area contributed by atoms with E-state index in [2.05, 4.69) is 30.1 Å². The van der Waals surface area contributed by atoms with Gasteiger partial charge in [0.1, 0.15) is 5.69 Å². The van der Waals surface area contributed by atoms with Crippen molar-refractivity contribution < 1.29 is 4.79 Å². The molecule has 1 aliphatic rings. The average molecular weight is 422 g/mol. The Labute approximate surface area is 186 Å². The standard InChI is InChI=1S/C25H35N5O/c1-3-5-16-30(17-6-4-2)24-23(28-21-14-10-11-15-22(21)29-24)20(18-26)25(31)27-19-12-8-7-9-13-19/h10-11,14-15,19-20H,3-9,12-13,16-17H2,1-2H3,(H,27,31)/t20-/m1/s1. The minimum Gasteiger partial charge on any atom is -0.355 e. The van der Waals surface area contributed by atoms with Crippen LogP contribution in [0.5, 0.6) is 0 Å². The van der Waals surface area contributed by atoms with E-state index in [-0.39, 0.29) is 11.9 Å². The molecule has 166 valence electrons. The van der Waals surface area contributed by atoms with E-state index in [1.807, 2.05) is 24.3 Å². The monoisotopic (exact) mass is 421 g/mol. The highest BCUT2D eigenvalue weighted by Crippen LogP contribution is 2.29.